The summed E-state index contributed by atoms with van der Waals surface area (Å²) in [5.41, 5.74) is 2.73. The highest BCUT2D eigenvalue weighted by Crippen LogP contribution is 2.31. The topological polar surface area (TPSA) is 94.0 Å². The minimum atomic E-state index is -0.0672. The Kier molecular flexibility index (Phi) is 4.69. The lowest BCUT2D eigenvalue weighted by molar-refractivity contribution is -0.120. The maximum Gasteiger partial charge on any atom is 0.239 e. The first kappa shape index (κ1) is 17.0. The van der Waals surface area contributed by atoms with Gasteiger partial charge >= 0.3 is 0 Å². The third kappa shape index (κ3) is 3.74. The summed E-state index contributed by atoms with van der Waals surface area (Å²) in [6, 6.07) is 15.4. The van der Waals surface area contributed by atoms with Crippen molar-refractivity contribution in [1.29, 1.82) is 0 Å². The van der Waals surface area contributed by atoms with Crippen LogP contribution in [0.25, 0.3) is 11.4 Å². The number of carbonyl (C=O) groups excluding carboxylic acids is 1. The Labute approximate surface area is 156 Å². The van der Waals surface area contributed by atoms with E-state index in [0.29, 0.717) is 12.4 Å². The Hall–Kier alpha value is -3.42. The molecule has 1 atom stereocenters. The lowest BCUT2D eigenvalue weighted by Crippen LogP contribution is -2.35. The van der Waals surface area contributed by atoms with Crippen LogP contribution in [-0.2, 0) is 11.8 Å². The Bertz CT molecular complexity index is 955. The van der Waals surface area contributed by atoms with Crippen LogP contribution in [0.1, 0.15) is 18.0 Å². The fraction of sp³-hybridized carbons (Fsp3) is 0.263. The van der Waals surface area contributed by atoms with E-state index in [1.54, 1.807) is 11.7 Å². The number of nitrogens with one attached hydrogen (secondary N) is 2. The second kappa shape index (κ2) is 7.45. The number of aryl methyl sites for hydroxylation is 1. The predicted molar refractivity (Wildman–Crippen MR) is 100 cm³/mol. The number of amides is 1. The van der Waals surface area contributed by atoms with Crippen LogP contribution < -0.4 is 15.4 Å². The number of hydrogen-bond donors (Lipinski definition) is 2. The second-order valence-corrected chi connectivity index (χ2v) is 6.36. The maximum absolute atomic E-state index is 12.4. The fourth-order valence-electron chi connectivity index (χ4n) is 3.16. The highest BCUT2D eigenvalue weighted by Gasteiger charge is 2.22. The number of carbonyl (C=O) groups is 1. The molecule has 1 amide bonds. The molecule has 0 aliphatic carbocycles. The van der Waals surface area contributed by atoms with E-state index in [1.165, 1.54) is 0 Å². The highest BCUT2D eigenvalue weighted by atomic mass is 16.5. The van der Waals surface area contributed by atoms with Crippen molar-refractivity contribution in [3.8, 4) is 17.1 Å². The van der Waals surface area contributed by atoms with E-state index in [2.05, 4.69) is 26.2 Å². The van der Waals surface area contributed by atoms with Crippen LogP contribution in [0.5, 0.6) is 5.75 Å². The van der Waals surface area contributed by atoms with Gasteiger partial charge in [-0.15, -0.1) is 5.10 Å². The van der Waals surface area contributed by atoms with Crippen LogP contribution in [0, 0.1) is 0 Å². The van der Waals surface area contributed by atoms with Crippen molar-refractivity contribution in [3.63, 3.8) is 0 Å². The van der Waals surface area contributed by atoms with Crippen LogP contribution in [0.4, 0.5) is 5.69 Å². The van der Waals surface area contributed by atoms with E-state index in [1.807, 2.05) is 48.5 Å². The van der Waals surface area contributed by atoms with Crippen molar-refractivity contribution in [2.75, 3.05) is 18.5 Å². The molecule has 27 heavy (non-hydrogen) atoms. The number of hydrogen-bond acceptors (Lipinski definition) is 6. The summed E-state index contributed by atoms with van der Waals surface area (Å²) in [6.07, 6.45) is 0.761. The van der Waals surface area contributed by atoms with Crippen molar-refractivity contribution in [2.24, 2.45) is 7.05 Å². The van der Waals surface area contributed by atoms with Gasteiger partial charge in [0.25, 0.3) is 0 Å². The van der Waals surface area contributed by atoms with Crippen molar-refractivity contribution in [2.45, 2.75) is 12.5 Å². The van der Waals surface area contributed by atoms with Gasteiger partial charge in [-0.05, 0) is 28.6 Å². The summed E-state index contributed by atoms with van der Waals surface area (Å²) in [7, 11) is 1.79. The number of nitrogens with zero attached hydrogens (tertiary/aromatic N) is 4. The Morgan fingerprint density at radius 3 is 3.00 bits per heavy atom. The van der Waals surface area contributed by atoms with Crippen molar-refractivity contribution in [3.05, 3.63) is 54.1 Å². The fourth-order valence-corrected chi connectivity index (χ4v) is 3.16. The summed E-state index contributed by atoms with van der Waals surface area (Å²) >= 11 is 0. The molecule has 0 radical (unpaired) electrons. The maximum atomic E-state index is 12.4. The van der Waals surface area contributed by atoms with Crippen LogP contribution in [0.2, 0.25) is 0 Å². The normalized spacial score (nSPS) is 15.5. The number of ether oxygens (including phenoxy) is 1. The van der Waals surface area contributed by atoms with Gasteiger partial charge in [-0.1, -0.05) is 30.3 Å². The van der Waals surface area contributed by atoms with Gasteiger partial charge in [-0.25, -0.2) is 4.68 Å². The molecule has 138 valence electrons. The predicted octanol–water partition coefficient (Wildman–Crippen LogP) is 1.93. The summed E-state index contributed by atoms with van der Waals surface area (Å²) in [5, 5.41) is 17.7. The zero-order valence-corrected chi connectivity index (χ0v) is 14.9. The lowest BCUT2D eigenvalue weighted by atomic mass is 10.0. The summed E-state index contributed by atoms with van der Waals surface area (Å²) < 4.78 is 7.24. The molecule has 0 bridgehead atoms. The molecule has 2 heterocycles. The first-order chi connectivity index (χ1) is 13.2. The molecule has 1 aromatic heterocycles. The van der Waals surface area contributed by atoms with Gasteiger partial charge in [0.05, 0.1) is 19.2 Å². The average Bonchev–Trinajstić information content (AvgIpc) is 3.13. The Balaban J connectivity index is 1.39. The zero-order valence-electron chi connectivity index (χ0n) is 14.9. The number of benzene rings is 2. The molecule has 4 rings (SSSR count). The molecule has 8 heteroatoms. The van der Waals surface area contributed by atoms with Crippen LogP contribution >= 0.6 is 0 Å². The van der Waals surface area contributed by atoms with Crippen LogP contribution in [0.15, 0.2) is 48.5 Å². The number of fused-ring (bicyclic) bond motifs is 1. The molecular weight excluding hydrogens is 344 g/mol. The van der Waals surface area contributed by atoms with E-state index >= 15 is 0 Å². The van der Waals surface area contributed by atoms with Gasteiger partial charge < -0.3 is 15.4 Å². The van der Waals surface area contributed by atoms with E-state index in [0.717, 1.165) is 29.0 Å². The quantitative estimate of drug-likeness (QED) is 0.718. The number of rotatable bonds is 5. The molecule has 2 aromatic carbocycles. The zero-order chi connectivity index (χ0) is 18.6. The highest BCUT2D eigenvalue weighted by molar-refractivity contribution is 5.81. The van der Waals surface area contributed by atoms with Crippen LogP contribution in [-0.4, -0.2) is 39.3 Å². The molecular formula is C19H20N6O2. The minimum absolute atomic E-state index is 0.0275. The van der Waals surface area contributed by atoms with Crippen LogP contribution in [0.3, 0.4) is 0 Å². The van der Waals surface area contributed by atoms with Crippen molar-refractivity contribution >= 4 is 11.6 Å². The third-order valence-electron chi connectivity index (χ3n) is 4.49. The Morgan fingerprint density at radius 2 is 2.15 bits per heavy atom. The summed E-state index contributed by atoms with van der Waals surface area (Å²) in [4.78, 5) is 12.4. The van der Waals surface area contributed by atoms with Gasteiger partial charge in [0, 0.05) is 30.3 Å². The summed E-state index contributed by atoms with van der Waals surface area (Å²) in [6.45, 7) is 0.781. The first-order valence-corrected chi connectivity index (χ1v) is 8.78. The summed E-state index contributed by atoms with van der Waals surface area (Å²) in [5.74, 6) is 1.44. The average molecular weight is 364 g/mol. The van der Waals surface area contributed by atoms with Gasteiger partial charge in [0.1, 0.15) is 5.75 Å². The van der Waals surface area contributed by atoms with E-state index in [9.17, 15) is 4.79 Å². The van der Waals surface area contributed by atoms with Gasteiger partial charge in [0.15, 0.2) is 5.82 Å². The van der Waals surface area contributed by atoms with Gasteiger partial charge in [0.2, 0.25) is 5.91 Å². The van der Waals surface area contributed by atoms with E-state index in [4.69, 9.17) is 4.74 Å². The second-order valence-electron chi connectivity index (χ2n) is 6.36. The molecule has 1 aliphatic heterocycles. The molecule has 8 nitrogen and oxygen atoms in total. The minimum Gasteiger partial charge on any atom is -0.493 e. The SMILES string of the molecule is Cn1nnnc1-c1cccc(NCC(=O)N[C@H]2CCOc3ccccc32)c1. The number of anilines is 1. The number of tetrazole rings is 1. The van der Waals surface area contributed by atoms with Crippen molar-refractivity contribution < 1.29 is 9.53 Å². The lowest BCUT2D eigenvalue weighted by Gasteiger charge is -2.26. The van der Waals surface area contributed by atoms with E-state index < -0.39 is 0 Å². The first-order valence-electron chi connectivity index (χ1n) is 8.78. The smallest absolute Gasteiger partial charge is 0.239 e. The van der Waals surface area contributed by atoms with Crippen molar-refractivity contribution in [1.82, 2.24) is 25.5 Å². The number of aromatic nitrogens is 4. The third-order valence-corrected chi connectivity index (χ3v) is 4.49. The van der Waals surface area contributed by atoms with Gasteiger partial charge in [-0.2, -0.15) is 0 Å². The largest absolute Gasteiger partial charge is 0.493 e. The molecule has 0 spiro atoms. The van der Waals surface area contributed by atoms with E-state index in [-0.39, 0.29) is 18.5 Å². The standard InChI is InChI=1S/C19H20N6O2/c1-25-19(22-23-24-25)13-5-4-6-14(11-13)20-12-18(26)21-16-9-10-27-17-8-3-2-7-15(16)17/h2-8,11,16,20H,9-10,12H2,1H3,(H,21,26)/t16-/m0/s1. The molecule has 0 saturated heterocycles. The molecule has 0 fully saturated rings. The molecule has 3 aromatic rings. The molecule has 1 aliphatic rings. The van der Waals surface area contributed by atoms with Gasteiger partial charge in [-0.3, -0.25) is 4.79 Å². The molecule has 2 N–H and O–H groups in total. The molecule has 0 saturated carbocycles. The Morgan fingerprint density at radius 1 is 1.26 bits per heavy atom. The number of para-hydroxylation sites is 1. The monoisotopic (exact) mass is 364 g/mol. The molecule has 0 unspecified atom stereocenters.